The van der Waals surface area contributed by atoms with E-state index in [4.69, 9.17) is 4.99 Å². The van der Waals surface area contributed by atoms with Crippen molar-refractivity contribution in [1.29, 1.82) is 0 Å². The molecule has 0 radical (unpaired) electrons. The average Bonchev–Trinajstić information content (AvgIpc) is 3.93. The van der Waals surface area contributed by atoms with Crippen LogP contribution >= 0.6 is 11.8 Å². The second kappa shape index (κ2) is 15.3. The summed E-state index contributed by atoms with van der Waals surface area (Å²) in [6, 6.07) is 60.4. The Morgan fingerprint density at radius 2 is 1.27 bits per heavy atom. The molecule has 0 atom stereocenters. The smallest absolute Gasteiger partial charge is 0.0856 e. The van der Waals surface area contributed by atoms with Gasteiger partial charge < -0.3 is 9.13 Å². The lowest BCUT2D eigenvalue weighted by Crippen LogP contribution is -2.03. The number of aliphatic imine (C=N–C) groups is 2. The van der Waals surface area contributed by atoms with Crippen LogP contribution in [0.1, 0.15) is 34.9 Å². The average molecular weight is 777 g/mol. The molecule has 1 aliphatic rings. The van der Waals surface area contributed by atoms with Crippen LogP contribution < -0.4 is 0 Å². The number of rotatable bonds is 9. The van der Waals surface area contributed by atoms with Crippen LogP contribution in [0.15, 0.2) is 202 Å². The molecule has 0 bridgehead atoms. The van der Waals surface area contributed by atoms with Crippen molar-refractivity contribution in [2.75, 3.05) is 0 Å². The number of fused-ring (bicyclic) bond motifs is 5. The third-order valence-corrected chi connectivity index (χ3v) is 12.3. The number of hydrogen-bond donors (Lipinski definition) is 0. The van der Waals surface area contributed by atoms with Gasteiger partial charge in [-0.1, -0.05) is 140 Å². The first-order valence-corrected chi connectivity index (χ1v) is 20.7. The Labute approximate surface area is 348 Å². The van der Waals surface area contributed by atoms with Crippen LogP contribution in [0, 0.1) is 0 Å². The second-order valence-corrected chi connectivity index (χ2v) is 15.7. The summed E-state index contributed by atoms with van der Waals surface area (Å²) in [6.45, 7) is 10.9. The molecule has 10 rings (SSSR count). The summed E-state index contributed by atoms with van der Waals surface area (Å²) in [5, 5.41) is 3.61. The van der Waals surface area contributed by atoms with Gasteiger partial charge in [-0.2, -0.15) is 0 Å². The van der Waals surface area contributed by atoms with Crippen LogP contribution in [-0.4, -0.2) is 21.6 Å². The lowest BCUT2D eigenvalue weighted by Gasteiger charge is -2.11. The first-order chi connectivity index (χ1) is 29.1. The SMILES string of the molecule is C=Cc1c(/C=C\C)c2cc(-c3ccc4c(c3)c3ccccc3n4-c3ccc4c(c3)C(=NCc3ccccc3)/C(=C(\N=C)c3ccccc3)S4)ccc2n1-c1ccccc1. The number of benzene rings is 7. The molecular weight excluding hydrogens is 737 g/mol. The number of hydrogen-bond acceptors (Lipinski definition) is 3. The summed E-state index contributed by atoms with van der Waals surface area (Å²) in [6.07, 6.45) is 6.27. The number of aromatic nitrogens is 2. The quantitative estimate of drug-likeness (QED) is 0.134. The van der Waals surface area contributed by atoms with E-state index in [1.54, 1.807) is 11.8 Å². The number of nitrogens with zero attached hydrogens (tertiary/aromatic N) is 4. The maximum atomic E-state index is 5.30. The van der Waals surface area contributed by atoms with Crippen LogP contribution in [0.5, 0.6) is 0 Å². The molecule has 5 heteroatoms. The normalized spacial score (nSPS) is 14.2. The fraction of sp³-hybridized carbons (Fsp3) is 0.0370. The van der Waals surface area contributed by atoms with Gasteiger partial charge in [-0.15, -0.1) is 0 Å². The van der Waals surface area contributed by atoms with Gasteiger partial charge >= 0.3 is 0 Å². The molecule has 0 fully saturated rings. The molecule has 59 heavy (non-hydrogen) atoms. The molecule has 1 aliphatic heterocycles. The molecule has 282 valence electrons. The van der Waals surface area contributed by atoms with Gasteiger partial charge in [0.2, 0.25) is 0 Å². The summed E-state index contributed by atoms with van der Waals surface area (Å²) < 4.78 is 4.70. The molecule has 0 amide bonds. The van der Waals surface area contributed by atoms with Crippen molar-refractivity contribution in [1.82, 2.24) is 9.13 Å². The molecular formula is C54H40N4S. The molecule has 0 unspecified atom stereocenters. The maximum absolute atomic E-state index is 5.30. The highest BCUT2D eigenvalue weighted by atomic mass is 32.2. The van der Waals surface area contributed by atoms with E-state index in [9.17, 15) is 0 Å². The maximum Gasteiger partial charge on any atom is 0.0856 e. The highest BCUT2D eigenvalue weighted by Gasteiger charge is 2.29. The molecule has 9 aromatic rings. The minimum atomic E-state index is 0.565. The van der Waals surface area contributed by atoms with Crippen LogP contribution in [0.25, 0.3) is 73.1 Å². The summed E-state index contributed by atoms with van der Waals surface area (Å²) in [5.41, 5.74) is 15.3. The number of para-hydroxylation sites is 2. The van der Waals surface area contributed by atoms with E-state index in [0.717, 1.165) is 71.5 Å². The molecule has 4 nitrogen and oxygen atoms in total. The third-order valence-electron chi connectivity index (χ3n) is 11.2. The summed E-state index contributed by atoms with van der Waals surface area (Å²) >= 11 is 1.72. The van der Waals surface area contributed by atoms with Crippen molar-refractivity contribution in [3.05, 3.63) is 215 Å². The fourth-order valence-corrected chi connectivity index (χ4v) is 9.69. The van der Waals surface area contributed by atoms with Crippen molar-refractivity contribution in [3.8, 4) is 22.5 Å². The van der Waals surface area contributed by atoms with Gasteiger partial charge in [0.05, 0.1) is 45.1 Å². The Morgan fingerprint density at radius 3 is 1.98 bits per heavy atom. The van der Waals surface area contributed by atoms with E-state index in [2.05, 4.69) is 192 Å². The van der Waals surface area contributed by atoms with E-state index in [1.165, 1.54) is 32.8 Å². The van der Waals surface area contributed by atoms with E-state index in [0.29, 0.717) is 6.54 Å². The Bertz CT molecular complexity index is 3180. The van der Waals surface area contributed by atoms with E-state index >= 15 is 0 Å². The Kier molecular flexibility index (Phi) is 9.36. The van der Waals surface area contributed by atoms with Crippen LogP contribution in [0.3, 0.4) is 0 Å². The zero-order valence-corrected chi connectivity index (χ0v) is 33.5. The van der Waals surface area contributed by atoms with Crippen LogP contribution in [0.4, 0.5) is 0 Å². The lowest BCUT2D eigenvalue weighted by molar-refractivity contribution is 1.07. The largest absolute Gasteiger partial charge is 0.309 e. The molecule has 0 spiro atoms. The lowest BCUT2D eigenvalue weighted by atomic mass is 10.00. The van der Waals surface area contributed by atoms with E-state index in [-0.39, 0.29) is 0 Å². The molecule has 0 aliphatic carbocycles. The van der Waals surface area contributed by atoms with Gasteiger partial charge in [-0.05, 0) is 97.1 Å². The number of thioether (sulfide) groups is 1. The third kappa shape index (κ3) is 6.28. The molecule has 2 aromatic heterocycles. The molecule has 0 N–H and O–H groups in total. The molecule has 0 saturated heterocycles. The zero-order valence-electron chi connectivity index (χ0n) is 32.7. The summed E-state index contributed by atoms with van der Waals surface area (Å²) in [5.74, 6) is 0. The van der Waals surface area contributed by atoms with Crippen molar-refractivity contribution in [2.45, 2.75) is 18.4 Å². The van der Waals surface area contributed by atoms with Crippen LogP contribution in [0.2, 0.25) is 0 Å². The molecule has 7 aromatic carbocycles. The number of allylic oxidation sites excluding steroid dienone is 2. The minimum Gasteiger partial charge on any atom is -0.309 e. The van der Waals surface area contributed by atoms with Crippen molar-refractivity contribution >= 4 is 74.7 Å². The molecule has 0 saturated carbocycles. The van der Waals surface area contributed by atoms with Gasteiger partial charge in [0.15, 0.2) is 0 Å². The van der Waals surface area contributed by atoms with E-state index in [1.807, 2.05) is 30.3 Å². The Hall–Kier alpha value is -7.21. The first kappa shape index (κ1) is 36.2. The Balaban J connectivity index is 1.12. The summed E-state index contributed by atoms with van der Waals surface area (Å²) in [4.78, 5) is 12.1. The monoisotopic (exact) mass is 776 g/mol. The molecule has 3 heterocycles. The predicted octanol–water partition coefficient (Wildman–Crippen LogP) is 14.2. The standard InChI is InChI=1S/C54H40N4S/c1-4-17-42-44-32-38(26-29-49(44)57(47(42)5-2)40-22-13-8-14-23-40)39-27-30-50-45(33-39)43-24-15-16-25-48(43)58(50)41-28-31-51-46(34-41)53(56-35-36-18-9-6-10-19-36)54(59-51)52(55-3)37-20-11-7-12-21-37/h4-34H,2-3,35H2,1H3/b17-4-,54-52+,56-53?. The van der Waals surface area contributed by atoms with Crippen molar-refractivity contribution in [3.63, 3.8) is 0 Å². The highest BCUT2D eigenvalue weighted by molar-refractivity contribution is 8.05. The highest BCUT2D eigenvalue weighted by Crippen LogP contribution is 2.46. The van der Waals surface area contributed by atoms with Gasteiger partial charge in [0.25, 0.3) is 0 Å². The second-order valence-electron chi connectivity index (χ2n) is 14.6. The van der Waals surface area contributed by atoms with Gasteiger partial charge in [0, 0.05) is 49.1 Å². The zero-order chi connectivity index (χ0) is 39.9. The summed E-state index contributed by atoms with van der Waals surface area (Å²) in [7, 11) is 0. The van der Waals surface area contributed by atoms with Gasteiger partial charge in [0.1, 0.15) is 0 Å². The van der Waals surface area contributed by atoms with Crippen molar-refractivity contribution in [2.24, 2.45) is 9.98 Å². The fourth-order valence-electron chi connectivity index (χ4n) is 8.52. The topological polar surface area (TPSA) is 34.6 Å². The van der Waals surface area contributed by atoms with E-state index < -0.39 is 0 Å². The first-order valence-electron chi connectivity index (χ1n) is 19.9. The minimum absolute atomic E-state index is 0.565. The Morgan fingerprint density at radius 1 is 0.627 bits per heavy atom. The predicted molar refractivity (Wildman–Crippen MR) is 253 cm³/mol. The van der Waals surface area contributed by atoms with Gasteiger partial charge in [-0.25, -0.2) is 0 Å². The van der Waals surface area contributed by atoms with Crippen molar-refractivity contribution < 1.29 is 0 Å². The van der Waals surface area contributed by atoms with Gasteiger partial charge in [-0.3, -0.25) is 9.98 Å². The van der Waals surface area contributed by atoms with Crippen LogP contribution in [-0.2, 0) is 6.54 Å².